The molecule has 0 aromatic rings. The number of rotatable bonds is 4. The first kappa shape index (κ1) is 24.0. The summed E-state index contributed by atoms with van der Waals surface area (Å²) < 4.78 is 50.2. The zero-order valence-corrected chi connectivity index (χ0v) is 14.7. The molecule has 0 unspecified atom stereocenters. The zero-order valence-electron chi connectivity index (χ0n) is 11.8. The number of hydrogen-bond acceptors (Lipinski definition) is 4. The minimum Gasteiger partial charge on any atom is -0.757 e. The van der Waals surface area contributed by atoms with Crippen LogP contribution in [0.4, 0.5) is 12.9 Å². The molecule has 12 heteroatoms. The van der Waals surface area contributed by atoms with Crippen LogP contribution in [0.5, 0.6) is 0 Å². The Morgan fingerprint density at radius 2 is 1.11 bits per heavy atom. The van der Waals surface area contributed by atoms with Crippen molar-refractivity contribution in [2.75, 3.05) is 0 Å². The maximum absolute atomic E-state index is 11.3. The molecule has 0 aliphatic heterocycles. The molecule has 4 nitrogen and oxygen atoms in total. The van der Waals surface area contributed by atoms with Gasteiger partial charge in [0.25, 0.3) is 0 Å². The molecule has 0 bridgehead atoms. The maximum atomic E-state index is 11.3. The van der Waals surface area contributed by atoms with Gasteiger partial charge < -0.3 is 13.3 Å². The monoisotopic (exact) mass is 316 g/mol. The Bertz CT molecular complexity index is 252. The predicted octanol–water partition coefficient (Wildman–Crippen LogP) is 0.0416. The van der Waals surface area contributed by atoms with Crippen molar-refractivity contribution in [1.29, 1.82) is 0 Å². The molecular formula is C6H18BF3LiO4PSi2. The molecule has 0 N–H and O–H groups in total. The normalized spacial score (nSPS) is 12.1. The van der Waals surface area contributed by atoms with Gasteiger partial charge in [-0.1, -0.05) is 0 Å². The van der Waals surface area contributed by atoms with Crippen LogP contribution in [0.25, 0.3) is 0 Å². The van der Waals surface area contributed by atoms with Gasteiger partial charge in [0, 0.05) is 0 Å². The fourth-order valence-electron chi connectivity index (χ4n) is 0.689. The summed E-state index contributed by atoms with van der Waals surface area (Å²) in [6.07, 6.45) is 0. The van der Waals surface area contributed by atoms with Crippen LogP contribution in [0.1, 0.15) is 0 Å². The van der Waals surface area contributed by atoms with E-state index in [2.05, 4.69) is 0 Å². The van der Waals surface area contributed by atoms with Gasteiger partial charge in [0.2, 0.25) is 7.82 Å². The summed E-state index contributed by atoms with van der Waals surface area (Å²) in [6, 6.07) is 0. The van der Waals surface area contributed by atoms with Gasteiger partial charge in [-0.3, -0.25) is 17.5 Å². The molecule has 0 saturated heterocycles. The SMILES string of the molecule is C[Si](C)(C)OP(=O)([O-])O[Si](C)(C)C.FB(F)F.[Li+]. The van der Waals surface area contributed by atoms with Crippen molar-refractivity contribution in [1.82, 2.24) is 0 Å². The molecule has 18 heavy (non-hydrogen) atoms. The number of phosphoric acid groups is 1. The fourth-order valence-corrected chi connectivity index (χ4v) is 6.54. The first-order valence-electron chi connectivity index (χ1n) is 4.79. The van der Waals surface area contributed by atoms with Crippen molar-refractivity contribution < 1.29 is 49.7 Å². The van der Waals surface area contributed by atoms with Gasteiger partial charge in [-0.25, -0.2) is 0 Å². The van der Waals surface area contributed by atoms with E-state index < -0.39 is 32.0 Å². The van der Waals surface area contributed by atoms with Crippen LogP contribution in [0.3, 0.4) is 0 Å². The van der Waals surface area contributed by atoms with E-state index >= 15 is 0 Å². The Morgan fingerprint density at radius 3 is 1.22 bits per heavy atom. The van der Waals surface area contributed by atoms with Gasteiger partial charge in [0.1, 0.15) is 0 Å². The molecule has 0 atom stereocenters. The fraction of sp³-hybridized carbons (Fsp3) is 1.00. The van der Waals surface area contributed by atoms with Gasteiger partial charge in [-0.05, 0) is 39.3 Å². The molecule has 104 valence electrons. The topological polar surface area (TPSA) is 58.6 Å². The largest absolute Gasteiger partial charge is 1.00 e. The van der Waals surface area contributed by atoms with Crippen molar-refractivity contribution in [3.8, 4) is 0 Å². The Balaban J connectivity index is -0.000000392. The smallest absolute Gasteiger partial charge is 0.757 e. The van der Waals surface area contributed by atoms with Crippen molar-refractivity contribution in [2.45, 2.75) is 39.3 Å². The van der Waals surface area contributed by atoms with E-state index in [1.165, 1.54) is 0 Å². The van der Waals surface area contributed by atoms with E-state index in [1.54, 1.807) is 0 Å². The van der Waals surface area contributed by atoms with Crippen LogP contribution in [0.15, 0.2) is 0 Å². The molecule has 0 aliphatic carbocycles. The summed E-state index contributed by atoms with van der Waals surface area (Å²) in [7, 11) is -11.9. The number of halogens is 3. The Kier molecular flexibility index (Phi) is 12.1. The molecule has 0 heterocycles. The summed E-state index contributed by atoms with van der Waals surface area (Å²) in [5.74, 6) is 0. The van der Waals surface area contributed by atoms with Crippen LogP contribution in [-0.2, 0) is 13.0 Å². The van der Waals surface area contributed by atoms with E-state index in [0.717, 1.165) is 0 Å². The van der Waals surface area contributed by atoms with E-state index in [9.17, 15) is 22.4 Å². The van der Waals surface area contributed by atoms with Gasteiger partial charge in [0.15, 0.2) is 16.6 Å². The second-order valence-corrected chi connectivity index (χ2v) is 15.9. The first-order valence-corrected chi connectivity index (χ1v) is 13.1. The Labute approximate surface area is 121 Å². The standard InChI is InChI=1S/C6H19O4PSi2.BF3.Li/c1-12(2,3)9-11(7,8)10-13(4,5)6;2-1(3)4;/h1-6H3,(H,7,8);;/q;;+1/p-1. The van der Waals surface area contributed by atoms with Crippen molar-refractivity contribution in [3.05, 3.63) is 0 Å². The first-order chi connectivity index (χ1) is 7.15. The third-order valence-corrected chi connectivity index (χ3v) is 6.94. The van der Waals surface area contributed by atoms with E-state index in [-0.39, 0.29) is 18.9 Å². The van der Waals surface area contributed by atoms with Gasteiger partial charge >= 0.3 is 26.4 Å². The van der Waals surface area contributed by atoms with Crippen LogP contribution in [0, 0.1) is 0 Å². The number of hydrogen-bond donors (Lipinski definition) is 0. The average molecular weight is 316 g/mol. The summed E-state index contributed by atoms with van der Waals surface area (Å²) in [5, 5.41) is 0. The molecule has 0 spiro atoms. The molecule has 0 saturated carbocycles. The molecule has 0 amide bonds. The third kappa shape index (κ3) is 25.7. The third-order valence-electron chi connectivity index (χ3n) is 0.771. The Morgan fingerprint density at radius 1 is 0.944 bits per heavy atom. The molecule has 0 aromatic heterocycles. The molecular weight excluding hydrogens is 298 g/mol. The molecule has 0 radical (unpaired) electrons. The van der Waals surface area contributed by atoms with Crippen LogP contribution >= 0.6 is 7.82 Å². The predicted molar refractivity (Wildman–Crippen MR) is 65.5 cm³/mol. The van der Waals surface area contributed by atoms with Crippen molar-refractivity contribution in [3.63, 3.8) is 0 Å². The minimum absolute atomic E-state index is 0. The average Bonchev–Trinajstić information content (AvgIpc) is 1.68. The van der Waals surface area contributed by atoms with Crippen LogP contribution in [0.2, 0.25) is 39.3 Å². The molecule has 0 aliphatic rings. The summed E-state index contributed by atoms with van der Waals surface area (Å²) in [4.78, 5) is 11.3. The van der Waals surface area contributed by atoms with Gasteiger partial charge in [-0.2, -0.15) is 0 Å². The summed E-state index contributed by atoms with van der Waals surface area (Å²) >= 11 is 0. The molecule has 0 aromatic carbocycles. The van der Waals surface area contributed by atoms with Crippen LogP contribution < -0.4 is 23.8 Å². The maximum Gasteiger partial charge on any atom is 1.00 e. The second kappa shape index (κ2) is 9.03. The van der Waals surface area contributed by atoms with E-state index in [1.807, 2.05) is 39.3 Å². The summed E-state index contributed by atoms with van der Waals surface area (Å²) in [5.41, 5.74) is 0. The molecule has 0 fully saturated rings. The van der Waals surface area contributed by atoms with Gasteiger partial charge in [-0.15, -0.1) is 0 Å². The van der Waals surface area contributed by atoms with Crippen molar-refractivity contribution in [2.24, 2.45) is 0 Å². The van der Waals surface area contributed by atoms with Gasteiger partial charge in [0.05, 0.1) is 0 Å². The second-order valence-electron chi connectivity index (χ2n) is 5.10. The van der Waals surface area contributed by atoms with E-state index in [0.29, 0.717) is 0 Å². The molecule has 0 rings (SSSR count). The van der Waals surface area contributed by atoms with Crippen molar-refractivity contribution >= 4 is 32.0 Å². The quantitative estimate of drug-likeness (QED) is 0.543. The zero-order chi connectivity index (χ0) is 14.5. The summed E-state index contributed by atoms with van der Waals surface area (Å²) in [6.45, 7) is 10.9. The van der Waals surface area contributed by atoms with Crippen LogP contribution in [-0.4, -0.2) is 24.2 Å². The minimum atomic E-state index is -4.06. The Hall–Kier alpha value is 0.996. The van der Waals surface area contributed by atoms with E-state index in [4.69, 9.17) is 8.43 Å².